The number of nitrogens with one attached hydrogen (secondary N) is 1. The number of unbranched alkanes of at least 4 members (excludes halogenated alkanes) is 2. The maximum atomic E-state index is 10.5. The Bertz CT molecular complexity index is 382. The highest BCUT2D eigenvalue weighted by Gasteiger charge is 2.04. The third kappa shape index (κ3) is 6.47. The van der Waals surface area contributed by atoms with E-state index in [1.807, 2.05) is 11.8 Å². The molecule has 1 aromatic rings. The second kappa shape index (κ2) is 8.80. The van der Waals surface area contributed by atoms with E-state index in [2.05, 4.69) is 19.2 Å². The largest absolute Gasteiger partial charge is 0.376 e. The molecule has 0 saturated carbocycles. The quantitative estimate of drug-likeness (QED) is 0.309. The van der Waals surface area contributed by atoms with Gasteiger partial charge in [0.25, 0.3) is 5.69 Å². The monoisotopic (exact) mass is 282 g/mol. The average molecular weight is 282 g/mol. The fourth-order valence-electron chi connectivity index (χ4n) is 1.73. The molecule has 5 heteroatoms. The van der Waals surface area contributed by atoms with Crippen LogP contribution in [0.3, 0.4) is 0 Å². The van der Waals surface area contributed by atoms with Gasteiger partial charge in [-0.05, 0) is 18.6 Å². The smallest absolute Gasteiger partial charge is 0.269 e. The molecule has 0 bridgehead atoms. The molecule has 1 rings (SSSR count). The summed E-state index contributed by atoms with van der Waals surface area (Å²) in [5.41, 5.74) is 1.06. The van der Waals surface area contributed by atoms with Crippen LogP contribution >= 0.6 is 11.8 Å². The standard InChI is InChI=1S/C14H22N2O2S/c1-3-4-5-6-12(2)19-11-15-13-7-9-14(10-8-13)16(17)18/h7-10,12,15H,3-6,11H2,1-2H3/t12-/m1/s1. The molecule has 0 saturated heterocycles. The van der Waals surface area contributed by atoms with Crippen LogP contribution in [0.4, 0.5) is 11.4 Å². The summed E-state index contributed by atoms with van der Waals surface area (Å²) in [6, 6.07) is 6.55. The molecule has 0 aliphatic rings. The lowest BCUT2D eigenvalue weighted by Crippen LogP contribution is -2.04. The molecule has 19 heavy (non-hydrogen) atoms. The number of anilines is 1. The minimum Gasteiger partial charge on any atom is -0.376 e. The van der Waals surface area contributed by atoms with Crippen molar-refractivity contribution in [3.05, 3.63) is 34.4 Å². The van der Waals surface area contributed by atoms with E-state index in [0.29, 0.717) is 5.25 Å². The lowest BCUT2D eigenvalue weighted by Gasteiger charge is -2.12. The van der Waals surface area contributed by atoms with Gasteiger partial charge in [0.05, 0.1) is 10.8 Å². The summed E-state index contributed by atoms with van der Waals surface area (Å²) in [5, 5.41) is 14.4. The third-order valence-electron chi connectivity index (χ3n) is 2.94. The lowest BCUT2D eigenvalue weighted by molar-refractivity contribution is -0.384. The first-order valence-electron chi connectivity index (χ1n) is 6.73. The summed E-state index contributed by atoms with van der Waals surface area (Å²) in [6.07, 6.45) is 5.11. The van der Waals surface area contributed by atoms with Crippen LogP contribution in [-0.2, 0) is 0 Å². The van der Waals surface area contributed by atoms with Gasteiger partial charge in [0.1, 0.15) is 0 Å². The van der Waals surface area contributed by atoms with E-state index in [-0.39, 0.29) is 10.6 Å². The highest BCUT2D eigenvalue weighted by molar-refractivity contribution is 7.99. The third-order valence-corrected chi connectivity index (χ3v) is 4.05. The van der Waals surface area contributed by atoms with Crippen molar-refractivity contribution in [2.75, 3.05) is 11.2 Å². The molecule has 0 heterocycles. The molecule has 1 atom stereocenters. The average Bonchev–Trinajstić information content (AvgIpc) is 2.39. The number of hydrogen-bond donors (Lipinski definition) is 1. The number of thioether (sulfide) groups is 1. The van der Waals surface area contributed by atoms with Crippen LogP contribution in [0.5, 0.6) is 0 Å². The number of hydrogen-bond acceptors (Lipinski definition) is 4. The van der Waals surface area contributed by atoms with Crippen LogP contribution in [0.15, 0.2) is 24.3 Å². The molecule has 0 radical (unpaired) electrons. The fourth-order valence-corrected chi connectivity index (χ4v) is 2.60. The maximum absolute atomic E-state index is 10.5. The molecule has 106 valence electrons. The molecule has 4 nitrogen and oxygen atoms in total. The number of rotatable bonds is 9. The number of nitro benzene ring substituents is 1. The molecule has 0 unspecified atom stereocenters. The van der Waals surface area contributed by atoms with Crippen molar-refractivity contribution in [3.8, 4) is 0 Å². The summed E-state index contributed by atoms with van der Waals surface area (Å²) >= 11 is 1.89. The van der Waals surface area contributed by atoms with E-state index in [9.17, 15) is 10.1 Å². The van der Waals surface area contributed by atoms with Crippen LogP contribution in [0, 0.1) is 10.1 Å². The maximum Gasteiger partial charge on any atom is 0.269 e. The van der Waals surface area contributed by atoms with E-state index >= 15 is 0 Å². The summed E-state index contributed by atoms with van der Waals surface area (Å²) in [7, 11) is 0. The van der Waals surface area contributed by atoms with Crippen molar-refractivity contribution in [1.82, 2.24) is 0 Å². The second-order valence-electron chi connectivity index (χ2n) is 4.60. The van der Waals surface area contributed by atoms with Crippen LogP contribution in [0.1, 0.15) is 39.5 Å². The van der Waals surface area contributed by atoms with Gasteiger partial charge in [0.2, 0.25) is 0 Å². The predicted octanol–water partition coefficient (Wildman–Crippen LogP) is 4.67. The number of nitrogens with zero attached hydrogens (tertiary/aromatic N) is 1. The first-order chi connectivity index (χ1) is 9.13. The van der Waals surface area contributed by atoms with Gasteiger partial charge < -0.3 is 5.32 Å². The van der Waals surface area contributed by atoms with Crippen LogP contribution in [0.2, 0.25) is 0 Å². The van der Waals surface area contributed by atoms with Gasteiger partial charge >= 0.3 is 0 Å². The second-order valence-corrected chi connectivity index (χ2v) is 6.02. The Morgan fingerprint density at radius 1 is 1.32 bits per heavy atom. The molecule has 0 aliphatic heterocycles. The Balaban J connectivity index is 2.23. The van der Waals surface area contributed by atoms with Gasteiger partial charge in [-0.1, -0.05) is 33.1 Å². The van der Waals surface area contributed by atoms with Crippen molar-refractivity contribution in [2.24, 2.45) is 0 Å². The Morgan fingerprint density at radius 3 is 2.58 bits per heavy atom. The molecule has 0 aromatic heterocycles. The molecule has 0 fully saturated rings. The zero-order valence-electron chi connectivity index (χ0n) is 11.6. The van der Waals surface area contributed by atoms with E-state index < -0.39 is 0 Å². The SMILES string of the molecule is CCCCC[C@@H](C)SCNc1ccc([N+](=O)[O-])cc1. The Hall–Kier alpha value is -1.23. The minimum absolute atomic E-state index is 0.131. The van der Waals surface area contributed by atoms with Crippen LogP contribution in [0.25, 0.3) is 0 Å². The van der Waals surface area contributed by atoms with E-state index in [1.165, 1.54) is 37.8 Å². The zero-order valence-corrected chi connectivity index (χ0v) is 12.4. The topological polar surface area (TPSA) is 55.2 Å². The summed E-state index contributed by atoms with van der Waals surface area (Å²) in [6.45, 7) is 4.46. The molecule has 0 spiro atoms. The molecular weight excluding hydrogens is 260 g/mol. The van der Waals surface area contributed by atoms with E-state index in [0.717, 1.165) is 11.6 Å². The normalized spacial score (nSPS) is 12.1. The molecule has 0 amide bonds. The van der Waals surface area contributed by atoms with Gasteiger partial charge in [-0.25, -0.2) is 0 Å². The fraction of sp³-hybridized carbons (Fsp3) is 0.571. The molecule has 0 aliphatic carbocycles. The summed E-state index contributed by atoms with van der Waals surface area (Å²) in [4.78, 5) is 10.1. The molecule has 1 aromatic carbocycles. The van der Waals surface area contributed by atoms with Crippen LogP contribution in [-0.4, -0.2) is 16.1 Å². The van der Waals surface area contributed by atoms with Gasteiger partial charge in [-0.3, -0.25) is 10.1 Å². The molecule has 1 N–H and O–H groups in total. The predicted molar refractivity (Wildman–Crippen MR) is 82.8 cm³/mol. The van der Waals surface area contributed by atoms with Gasteiger partial charge in [0.15, 0.2) is 0 Å². The van der Waals surface area contributed by atoms with Crippen molar-refractivity contribution in [1.29, 1.82) is 0 Å². The minimum atomic E-state index is -0.381. The number of non-ortho nitro benzene ring substituents is 1. The first-order valence-corrected chi connectivity index (χ1v) is 7.78. The van der Waals surface area contributed by atoms with Crippen molar-refractivity contribution < 1.29 is 4.92 Å². The van der Waals surface area contributed by atoms with Gasteiger partial charge in [-0.2, -0.15) is 0 Å². The zero-order chi connectivity index (χ0) is 14.1. The van der Waals surface area contributed by atoms with E-state index in [4.69, 9.17) is 0 Å². The molecular formula is C14H22N2O2S. The lowest BCUT2D eigenvalue weighted by atomic mass is 10.2. The van der Waals surface area contributed by atoms with Crippen molar-refractivity contribution in [2.45, 2.75) is 44.8 Å². The highest BCUT2D eigenvalue weighted by Crippen LogP contribution is 2.20. The summed E-state index contributed by atoms with van der Waals surface area (Å²) in [5.74, 6) is 0.838. The van der Waals surface area contributed by atoms with Crippen molar-refractivity contribution in [3.63, 3.8) is 0 Å². The Kier molecular flexibility index (Phi) is 7.33. The number of nitro groups is 1. The first kappa shape index (κ1) is 15.8. The van der Waals surface area contributed by atoms with E-state index in [1.54, 1.807) is 12.1 Å². The Morgan fingerprint density at radius 2 is 2.00 bits per heavy atom. The number of benzene rings is 1. The van der Waals surface area contributed by atoms with Gasteiger partial charge in [-0.15, -0.1) is 11.8 Å². The summed E-state index contributed by atoms with van der Waals surface area (Å²) < 4.78 is 0. The highest BCUT2D eigenvalue weighted by atomic mass is 32.2. The van der Waals surface area contributed by atoms with Crippen LogP contribution < -0.4 is 5.32 Å². The Labute approximate surface area is 119 Å². The van der Waals surface area contributed by atoms with Gasteiger partial charge in [0, 0.05) is 23.1 Å². The van der Waals surface area contributed by atoms with Crippen molar-refractivity contribution >= 4 is 23.1 Å².